The standard InChI is InChI=1S/C27H33ClN4O3/c1-18-13-19-3-2-8-27(14-18,15-19)17-29-26(35)25-20-4-7-23(30-22(20)6-5-21(25)28)32-11-9-31(10-12-32)16-24(33)34/h4-7,13,18H,2-3,8-12,14-17H2,1H3,(H,29,35)(H,33,34). The largest absolute Gasteiger partial charge is 0.480 e. The number of carboxylic acids is 1. The van der Waals surface area contributed by atoms with Crippen molar-refractivity contribution in [2.24, 2.45) is 11.3 Å². The van der Waals surface area contributed by atoms with Crippen molar-refractivity contribution in [2.75, 3.05) is 44.2 Å². The summed E-state index contributed by atoms with van der Waals surface area (Å²) in [4.78, 5) is 33.2. The van der Waals surface area contributed by atoms with Crippen molar-refractivity contribution in [3.63, 3.8) is 0 Å². The van der Waals surface area contributed by atoms with Crippen molar-refractivity contribution < 1.29 is 14.7 Å². The Hall–Kier alpha value is -2.64. The molecule has 2 aliphatic carbocycles. The number of piperazine rings is 1. The van der Waals surface area contributed by atoms with Gasteiger partial charge >= 0.3 is 5.97 Å². The number of carboxylic acid groups (broad SMARTS) is 1. The number of nitrogens with one attached hydrogen (secondary N) is 1. The molecule has 2 unspecified atom stereocenters. The van der Waals surface area contributed by atoms with Crippen LogP contribution in [-0.2, 0) is 4.79 Å². The second-order valence-electron chi connectivity index (χ2n) is 10.5. The van der Waals surface area contributed by atoms with E-state index < -0.39 is 5.97 Å². The molecule has 1 saturated carbocycles. The van der Waals surface area contributed by atoms with Crippen molar-refractivity contribution >= 4 is 40.2 Å². The van der Waals surface area contributed by atoms with E-state index in [0.29, 0.717) is 49.2 Å². The highest BCUT2D eigenvalue weighted by molar-refractivity contribution is 6.35. The number of anilines is 1. The fraction of sp³-hybridized carbons (Fsp3) is 0.519. The zero-order valence-electron chi connectivity index (χ0n) is 20.2. The molecule has 2 heterocycles. The van der Waals surface area contributed by atoms with Gasteiger partial charge in [0.05, 0.1) is 22.6 Å². The SMILES string of the molecule is CC1C=C2CCCC(CNC(=O)c3c(Cl)ccc4nc(N5CCN(CC(=O)O)CC5)ccc34)(C2)C1. The summed E-state index contributed by atoms with van der Waals surface area (Å²) in [5.74, 6) is 0.451. The first kappa shape index (κ1) is 24.1. The van der Waals surface area contributed by atoms with Crippen molar-refractivity contribution in [3.8, 4) is 0 Å². The number of allylic oxidation sites excluding steroid dienone is 2. The fourth-order valence-corrected chi connectivity index (χ4v) is 6.54. The van der Waals surface area contributed by atoms with E-state index in [0.717, 1.165) is 36.0 Å². The summed E-state index contributed by atoms with van der Waals surface area (Å²) in [5.41, 5.74) is 2.93. The molecule has 1 aromatic heterocycles. The van der Waals surface area contributed by atoms with Crippen LogP contribution in [0.4, 0.5) is 5.82 Å². The summed E-state index contributed by atoms with van der Waals surface area (Å²) < 4.78 is 0. The third-order valence-corrected chi connectivity index (χ3v) is 8.11. The average molecular weight is 497 g/mol. The van der Waals surface area contributed by atoms with Crippen molar-refractivity contribution in [3.05, 3.63) is 46.5 Å². The second-order valence-corrected chi connectivity index (χ2v) is 10.9. The van der Waals surface area contributed by atoms with Crippen LogP contribution in [0.25, 0.3) is 10.9 Å². The zero-order chi connectivity index (χ0) is 24.6. The first-order valence-electron chi connectivity index (χ1n) is 12.6. The maximum atomic E-state index is 13.4. The van der Waals surface area contributed by atoms with Gasteiger partial charge in [-0.2, -0.15) is 0 Å². The predicted octanol–water partition coefficient (Wildman–Crippen LogP) is 4.35. The molecule has 1 amide bonds. The lowest BCUT2D eigenvalue weighted by Crippen LogP contribution is -2.48. The van der Waals surface area contributed by atoms with Crippen molar-refractivity contribution in [1.82, 2.24) is 15.2 Å². The molecule has 186 valence electrons. The van der Waals surface area contributed by atoms with Crippen molar-refractivity contribution in [1.29, 1.82) is 0 Å². The van der Waals surface area contributed by atoms with E-state index in [4.69, 9.17) is 21.7 Å². The lowest BCUT2D eigenvalue weighted by Gasteiger charge is -2.43. The number of pyridine rings is 1. The van der Waals surface area contributed by atoms with Gasteiger partial charge in [0.25, 0.3) is 5.91 Å². The molecule has 2 atom stereocenters. The van der Waals surface area contributed by atoms with Gasteiger partial charge in [-0.25, -0.2) is 4.98 Å². The van der Waals surface area contributed by atoms with E-state index in [1.807, 2.05) is 23.1 Å². The molecule has 5 rings (SSSR count). The maximum absolute atomic E-state index is 13.4. The number of aromatic nitrogens is 1. The molecule has 0 spiro atoms. The van der Waals surface area contributed by atoms with Gasteiger partial charge < -0.3 is 15.3 Å². The summed E-state index contributed by atoms with van der Waals surface area (Å²) in [6.07, 6.45) is 8.17. The summed E-state index contributed by atoms with van der Waals surface area (Å²) in [7, 11) is 0. The fourth-order valence-electron chi connectivity index (χ4n) is 6.29. The van der Waals surface area contributed by atoms with E-state index in [1.54, 1.807) is 11.6 Å². The third-order valence-electron chi connectivity index (χ3n) is 7.79. The van der Waals surface area contributed by atoms with E-state index in [1.165, 1.54) is 12.8 Å². The number of hydrogen-bond donors (Lipinski definition) is 2. The Morgan fingerprint density at radius 1 is 1.20 bits per heavy atom. The predicted molar refractivity (Wildman–Crippen MR) is 138 cm³/mol. The lowest BCUT2D eigenvalue weighted by atomic mass is 9.63. The van der Waals surface area contributed by atoms with E-state index in [2.05, 4.69) is 23.2 Å². The summed E-state index contributed by atoms with van der Waals surface area (Å²) in [6, 6.07) is 7.48. The molecule has 2 aromatic rings. The number of aliphatic carboxylic acids is 1. The van der Waals surface area contributed by atoms with Gasteiger partial charge in [-0.05, 0) is 67.7 Å². The van der Waals surface area contributed by atoms with Gasteiger partial charge in [0, 0.05) is 38.1 Å². The highest BCUT2D eigenvalue weighted by Gasteiger charge is 2.38. The van der Waals surface area contributed by atoms with Gasteiger partial charge in [-0.1, -0.05) is 30.2 Å². The van der Waals surface area contributed by atoms with Crippen LogP contribution in [0.3, 0.4) is 0 Å². The van der Waals surface area contributed by atoms with E-state index in [-0.39, 0.29) is 17.9 Å². The molecule has 1 aliphatic heterocycles. The minimum Gasteiger partial charge on any atom is -0.480 e. The number of rotatable bonds is 6. The maximum Gasteiger partial charge on any atom is 0.317 e. The molecule has 3 aliphatic rings. The normalized spacial score (nSPS) is 24.8. The van der Waals surface area contributed by atoms with Gasteiger partial charge in [0.15, 0.2) is 0 Å². The minimum absolute atomic E-state index is 0.0633. The number of amides is 1. The van der Waals surface area contributed by atoms with Crippen LogP contribution in [0.1, 0.15) is 49.4 Å². The molecule has 2 bridgehead atoms. The molecule has 2 fully saturated rings. The average Bonchev–Trinajstić information content (AvgIpc) is 2.82. The summed E-state index contributed by atoms with van der Waals surface area (Å²) in [5, 5.41) is 13.4. The highest BCUT2D eigenvalue weighted by Crippen LogP contribution is 2.47. The smallest absolute Gasteiger partial charge is 0.317 e. The molecule has 2 N–H and O–H groups in total. The van der Waals surface area contributed by atoms with Crippen LogP contribution < -0.4 is 10.2 Å². The number of halogens is 1. The minimum atomic E-state index is -0.803. The van der Waals surface area contributed by atoms with Crippen LogP contribution in [0.5, 0.6) is 0 Å². The van der Waals surface area contributed by atoms with Gasteiger partial charge in [-0.15, -0.1) is 0 Å². The summed E-state index contributed by atoms with van der Waals surface area (Å²) >= 11 is 6.53. The van der Waals surface area contributed by atoms with Crippen LogP contribution in [0.2, 0.25) is 5.02 Å². The highest BCUT2D eigenvalue weighted by atomic mass is 35.5. The number of carbonyl (C=O) groups is 2. The van der Waals surface area contributed by atoms with Crippen LogP contribution in [-0.4, -0.2) is 66.1 Å². The lowest BCUT2D eigenvalue weighted by molar-refractivity contribution is -0.138. The number of nitrogens with zero attached hydrogens (tertiary/aromatic N) is 3. The van der Waals surface area contributed by atoms with Crippen LogP contribution in [0.15, 0.2) is 35.9 Å². The van der Waals surface area contributed by atoms with Gasteiger partial charge in [-0.3, -0.25) is 14.5 Å². The molecule has 7 nitrogen and oxygen atoms in total. The molecule has 1 saturated heterocycles. The third kappa shape index (κ3) is 5.16. The monoisotopic (exact) mass is 496 g/mol. The quantitative estimate of drug-likeness (QED) is 0.578. The molecule has 35 heavy (non-hydrogen) atoms. The molecular formula is C27H33ClN4O3. The molecular weight excluding hydrogens is 464 g/mol. The zero-order valence-corrected chi connectivity index (χ0v) is 21.0. The van der Waals surface area contributed by atoms with Crippen LogP contribution in [0, 0.1) is 11.3 Å². The number of benzene rings is 1. The number of carbonyl (C=O) groups excluding carboxylic acids is 1. The number of hydrogen-bond acceptors (Lipinski definition) is 5. The van der Waals surface area contributed by atoms with Gasteiger partial charge in [0.1, 0.15) is 5.82 Å². The molecule has 1 aromatic carbocycles. The first-order valence-corrected chi connectivity index (χ1v) is 13.0. The molecule has 0 radical (unpaired) electrons. The van der Waals surface area contributed by atoms with Crippen LogP contribution >= 0.6 is 11.6 Å². The van der Waals surface area contributed by atoms with E-state index in [9.17, 15) is 9.59 Å². The first-order chi connectivity index (χ1) is 16.8. The Morgan fingerprint density at radius 2 is 2.00 bits per heavy atom. The Balaban J connectivity index is 1.31. The second kappa shape index (κ2) is 9.78. The Labute approximate surface area is 211 Å². The topological polar surface area (TPSA) is 85.8 Å². The van der Waals surface area contributed by atoms with Crippen molar-refractivity contribution in [2.45, 2.75) is 39.0 Å². The molecule has 8 heteroatoms. The van der Waals surface area contributed by atoms with E-state index >= 15 is 0 Å². The summed E-state index contributed by atoms with van der Waals surface area (Å²) in [6.45, 7) is 5.79. The Morgan fingerprint density at radius 3 is 2.77 bits per heavy atom. The van der Waals surface area contributed by atoms with Gasteiger partial charge in [0.2, 0.25) is 0 Å². The Bertz CT molecular complexity index is 1170. The Kier molecular flexibility index (Phi) is 6.73. The number of fused-ring (bicyclic) bond motifs is 3.